The van der Waals surface area contributed by atoms with E-state index in [2.05, 4.69) is 15.3 Å². The largest absolute Gasteiger partial charge is 0.481 e. The van der Waals surface area contributed by atoms with Crippen molar-refractivity contribution in [3.05, 3.63) is 53.8 Å². The summed E-state index contributed by atoms with van der Waals surface area (Å²) in [6, 6.07) is 9.91. The third-order valence-electron chi connectivity index (χ3n) is 3.30. The number of rotatable bonds is 4. The molecule has 0 spiro atoms. The molecule has 0 atom stereocenters. The number of benzene rings is 1. The maximum absolute atomic E-state index is 11.3. The number of halogens is 1. The highest BCUT2D eigenvalue weighted by molar-refractivity contribution is 6.33. The number of nitrogens with two attached hydrogens (primary N) is 1. The monoisotopic (exact) mass is 343 g/mol. The second-order valence-corrected chi connectivity index (χ2v) is 5.22. The van der Waals surface area contributed by atoms with Crippen molar-refractivity contribution in [3.63, 3.8) is 0 Å². The van der Waals surface area contributed by atoms with Crippen LogP contribution in [0.2, 0.25) is 5.02 Å². The van der Waals surface area contributed by atoms with Crippen LogP contribution in [-0.2, 0) is 0 Å². The van der Waals surface area contributed by atoms with E-state index in [1.807, 2.05) is 18.2 Å². The summed E-state index contributed by atoms with van der Waals surface area (Å²) in [4.78, 5) is 20.0. The van der Waals surface area contributed by atoms with Gasteiger partial charge in [0, 0.05) is 24.0 Å². The van der Waals surface area contributed by atoms with E-state index < -0.39 is 6.03 Å². The number of hydrogen-bond donors (Lipinski definition) is 2. The van der Waals surface area contributed by atoms with Gasteiger partial charge in [0.15, 0.2) is 5.82 Å². The molecule has 0 saturated heterocycles. The first-order valence-corrected chi connectivity index (χ1v) is 7.38. The Bertz CT molecular complexity index is 894. The van der Waals surface area contributed by atoms with E-state index >= 15 is 0 Å². The summed E-state index contributed by atoms with van der Waals surface area (Å²) in [5.74, 6) is 1.38. The Hall–Kier alpha value is -3.06. The highest BCUT2D eigenvalue weighted by Crippen LogP contribution is 2.30. The first-order chi connectivity index (χ1) is 11.6. The highest BCUT2D eigenvalue weighted by Gasteiger charge is 2.16. The Morgan fingerprint density at radius 2 is 2.08 bits per heavy atom. The van der Waals surface area contributed by atoms with E-state index in [1.54, 1.807) is 35.2 Å². The lowest BCUT2D eigenvalue weighted by Gasteiger charge is -2.14. The number of imidazole rings is 1. The number of primary amides is 1. The summed E-state index contributed by atoms with van der Waals surface area (Å²) in [5, 5.41) is 3.10. The van der Waals surface area contributed by atoms with E-state index in [9.17, 15) is 4.79 Å². The van der Waals surface area contributed by atoms with Gasteiger partial charge < -0.3 is 15.8 Å². The Balaban J connectivity index is 2.18. The summed E-state index contributed by atoms with van der Waals surface area (Å²) in [6.45, 7) is 0. The quantitative estimate of drug-likeness (QED) is 0.761. The smallest absolute Gasteiger partial charge is 0.316 e. The number of methoxy groups -OCH3 is 1. The Morgan fingerprint density at radius 3 is 2.79 bits per heavy atom. The van der Waals surface area contributed by atoms with Crippen LogP contribution in [-0.4, -0.2) is 27.7 Å². The molecule has 0 aliphatic rings. The first-order valence-electron chi connectivity index (χ1n) is 7.00. The van der Waals surface area contributed by atoms with Gasteiger partial charge in [0.05, 0.1) is 17.8 Å². The molecule has 7 nitrogen and oxygen atoms in total. The minimum absolute atomic E-state index is 0.388. The van der Waals surface area contributed by atoms with E-state index in [1.165, 1.54) is 7.11 Å². The van der Waals surface area contributed by atoms with Gasteiger partial charge in [-0.2, -0.15) is 4.98 Å². The highest BCUT2D eigenvalue weighted by atomic mass is 35.5. The molecule has 3 N–H and O–H groups in total. The lowest BCUT2D eigenvalue weighted by atomic mass is 10.2. The molecule has 24 heavy (non-hydrogen) atoms. The van der Waals surface area contributed by atoms with Crippen LogP contribution in [0.4, 0.5) is 10.5 Å². The van der Waals surface area contributed by atoms with E-state index in [0.717, 1.165) is 5.56 Å². The van der Waals surface area contributed by atoms with Gasteiger partial charge in [0.1, 0.15) is 5.82 Å². The summed E-state index contributed by atoms with van der Waals surface area (Å²) in [6.07, 6.45) is 3.33. The molecule has 3 aromatic rings. The number of pyridine rings is 1. The van der Waals surface area contributed by atoms with Crippen molar-refractivity contribution in [1.82, 2.24) is 14.5 Å². The Labute approximate surface area is 143 Å². The molecule has 0 unspecified atom stereocenters. The molecule has 0 saturated carbocycles. The van der Waals surface area contributed by atoms with Gasteiger partial charge in [0.2, 0.25) is 5.88 Å². The zero-order valence-corrected chi connectivity index (χ0v) is 13.5. The lowest BCUT2D eigenvalue weighted by Crippen LogP contribution is -2.21. The van der Waals surface area contributed by atoms with Crippen LogP contribution < -0.4 is 15.8 Å². The number of aromatic nitrogens is 3. The SMILES string of the molecule is COc1ccc(NC(N)=O)c(-n2ccnc2-c2ccccc2Cl)n1. The number of nitrogens with one attached hydrogen (secondary N) is 1. The summed E-state index contributed by atoms with van der Waals surface area (Å²) in [7, 11) is 1.51. The fourth-order valence-electron chi connectivity index (χ4n) is 2.27. The van der Waals surface area contributed by atoms with Gasteiger partial charge in [-0.05, 0) is 18.2 Å². The van der Waals surface area contributed by atoms with Gasteiger partial charge in [-0.25, -0.2) is 9.78 Å². The molecule has 122 valence electrons. The van der Waals surface area contributed by atoms with Crippen molar-refractivity contribution < 1.29 is 9.53 Å². The molecule has 0 aliphatic heterocycles. The average Bonchev–Trinajstić information content (AvgIpc) is 3.04. The number of anilines is 1. The number of urea groups is 1. The molecule has 0 aliphatic carbocycles. The fourth-order valence-corrected chi connectivity index (χ4v) is 2.50. The van der Waals surface area contributed by atoms with Crippen molar-refractivity contribution in [3.8, 4) is 23.1 Å². The zero-order chi connectivity index (χ0) is 17.1. The molecule has 8 heteroatoms. The number of carbonyl (C=O) groups is 1. The molecule has 0 radical (unpaired) electrons. The topological polar surface area (TPSA) is 95.1 Å². The molecule has 3 rings (SSSR count). The minimum atomic E-state index is -0.692. The third-order valence-corrected chi connectivity index (χ3v) is 3.63. The van der Waals surface area contributed by atoms with Crippen molar-refractivity contribution in [2.24, 2.45) is 5.73 Å². The predicted octanol–water partition coefficient (Wildman–Crippen LogP) is 3.09. The summed E-state index contributed by atoms with van der Waals surface area (Å²) in [5.41, 5.74) is 6.40. The van der Waals surface area contributed by atoms with E-state index in [-0.39, 0.29) is 0 Å². The Kier molecular flexibility index (Phi) is 4.35. The maximum Gasteiger partial charge on any atom is 0.316 e. The molecule has 2 heterocycles. The van der Waals surface area contributed by atoms with Gasteiger partial charge in [-0.15, -0.1) is 0 Å². The lowest BCUT2D eigenvalue weighted by molar-refractivity contribution is 0.259. The normalized spacial score (nSPS) is 10.4. The molecule has 2 aromatic heterocycles. The van der Waals surface area contributed by atoms with Gasteiger partial charge >= 0.3 is 6.03 Å². The molecule has 2 amide bonds. The van der Waals surface area contributed by atoms with Crippen LogP contribution in [0, 0.1) is 0 Å². The van der Waals surface area contributed by atoms with Crippen LogP contribution >= 0.6 is 11.6 Å². The van der Waals surface area contributed by atoms with Crippen LogP contribution in [0.15, 0.2) is 48.8 Å². The van der Waals surface area contributed by atoms with Crippen molar-refractivity contribution >= 4 is 23.3 Å². The fraction of sp³-hybridized carbons (Fsp3) is 0.0625. The molecular formula is C16H14ClN5O2. The number of nitrogens with zero attached hydrogens (tertiary/aromatic N) is 3. The van der Waals surface area contributed by atoms with Gasteiger partial charge in [-0.1, -0.05) is 23.7 Å². The molecule has 0 fully saturated rings. The summed E-state index contributed by atoms with van der Waals surface area (Å²) >= 11 is 6.27. The summed E-state index contributed by atoms with van der Waals surface area (Å²) < 4.78 is 6.87. The average molecular weight is 344 g/mol. The number of carbonyl (C=O) groups excluding carboxylic acids is 1. The number of ether oxygens (including phenoxy) is 1. The van der Waals surface area contributed by atoms with Gasteiger partial charge in [-0.3, -0.25) is 4.57 Å². The molecular weight excluding hydrogens is 330 g/mol. The van der Waals surface area contributed by atoms with Crippen LogP contribution in [0.25, 0.3) is 17.2 Å². The van der Waals surface area contributed by atoms with Crippen molar-refractivity contribution in [2.75, 3.05) is 12.4 Å². The second-order valence-electron chi connectivity index (χ2n) is 4.81. The Morgan fingerprint density at radius 1 is 1.29 bits per heavy atom. The van der Waals surface area contributed by atoms with E-state index in [4.69, 9.17) is 22.1 Å². The maximum atomic E-state index is 11.3. The van der Waals surface area contributed by atoms with Crippen molar-refractivity contribution in [1.29, 1.82) is 0 Å². The first kappa shape index (κ1) is 15.8. The van der Waals surface area contributed by atoms with Gasteiger partial charge in [0.25, 0.3) is 0 Å². The minimum Gasteiger partial charge on any atom is -0.481 e. The number of amides is 2. The van der Waals surface area contributed by atoms with Crippen LogP contribution in [0.3, 0.4) is 0 Å². The predicted molar refractivity (Wildman–Crippen MR) is 91.6 cm³/mol. The second kappa shape index (κ2) is 6.59. The number of hydrogen-bond acceptors (Lipinski definition) is 4. The van der Waals surface area contributed by atoms with Crippen molar-refractivity contribution in [2.45, 2.75) is 0 Å². The third kappa shape index (κ3) is 3.02. The standard InChI is InChI=1S/C16H14ClN5O2/c1-24-13-7-6-12(20-16(18)23)15(21-13)22-9-8-19-14(22)10-4-2-3-5-11(10)17/h2-9H,1H3,(H3,18,20,23). The molecule has 1 aromatic carbocycles. The van der Waals surface area contributed by atoms with Crippen LogP contribution in [0.1, 0.15) is 0 Å². The zero-order valence-electron chi connectivity index (χ0n) is 12.7. The van der Waals surface area contributed by atoms with E-state index in [0.29, 0.717) is 28.2 Å². The van der Waals surface area contributed by atoms with Crippen LogP contribution in [0.5, 0.6) is 5.88 Å². The molecule has 0 bridgehead atoms.